The second kappa shape index (κ2) is 13.9. The minimum Gasteiger partial charge on any atom is -0.444 e. The zero-order chi connectivity index (χ0) is 28.5. The van der Waals surface area contributed by atoms with E-state index in [1.165, 1.54) is 58.2 Å². The van der Waals surface area contributed by atoms with E-state index in [-0.39, 0.29) is 12.5 Å². The van der Waals surface area contributed by atoms with Gasteiger partial charge in [-0.25, -0.2) is 14.8 Å². The van der Waals surface area contributed by atoms with Crippen LogP contribution in [-0.2, 0) is 16.1 Å². The average Bonchev–Trinajstić information content (AvgIpc) is 2.95. The van der Waals surface area contributed by atoms with Gasteiger partial charge in [0, 0.05) is 44.6 Å². The molecule has 0 bridgehead atoms. The Morgan fingerprint density at radius 3 is 2.40 bits per heavy atom. The van der Waals surface area contributed by atoms with Crippen LogP contribution in [-0.4, -0.2) is 83.7 Å². The molecule has 218 valence electrons. The van der Waals surface area contributed by atoms with Crippen molar-refractivity contribution < 1.29 is 14.3 Å². The smallest absolute Gasteiger partial charge is 0.408 e. The highest BCUT2D eigenvalue weighted by molar-refractivity contribution is 5.82. The van der Waals surface area contributed by atoms with Crippen LogP contribution in [0.5, 0.6) is 0 Å². The Balaban J connectivity index is 1.24. The van der Waals surface area contributed by atoms with Gasteiger partial charge < -0.3 is 24.8 Å². The lowest BCUT2D eigenvalue weighted by Crippen LogP contribution is -2.40. The molecule has 2 fully saturated rings. The monoisotopic (exact) mass is 550 g/mol. The van der Waals surface area contributed by atoms with Crippen LogP contribution in [0.3, 0.4) is 0 Å². The number of hydrogen-bond donors (Lipinski definition) is 1. The molecule has 1 aromatic heterocycles. The molecule has 2 aliphatic rings. The van der Waals surface area contributed by atoms with Gasteiger partial charge in [0.15, 0.2) is 0 Å². The van der Waals surface area contributed by atoms with Crippen LogP contribution >= 0.6 is 0 Å². The second-order valence-electron chi connectivity index (χ2n) is 12.2. The van der Waals surface area contributed by atoms with Crippen LogP contribution in [0.25, 0.3) is 11.1 Å². The number of benzene rings is 1. The summed E-state index contributed by atoms with van der Waals surface area (Å²) in [6.07, 6.45) is 11.0. The molecule has 0 radical (unpaired) electrons. The van der Waals surface area contributed by atoms with Crippen molar-refractivity contribution in [3.63, 3.8) is 0 Å². The molecule has 9 heteroatoms. The maximum Gasteiger partial charge on any atom is 0.408 e. The summed E-state index contributed by atoms with van der Waals surface area (Å²) in [5, 5.41) is 2.52. The van der Waals surface area contributed by atoms with E-state index in [1.807, 2.05) is 30.6 Å². The zero-order valence-electron chi connectivity index (χ0n) is 24.7. The molecule has 40 heavy (non-hydrogen) atoms. The standard InChI is InChI=1S/C31H46N6O3/c1-31(2,3)40-30(39)34-22-28(38)35(4)23-25-9-8-10-26(19-25)27-20-32-29(33-21-27)37-17-12-24(13-18-37)11-16-36-14-6-5-7-15-36/h8-10,19-21,24H,5-7,11-18,22-23H2,1-4H3,(H,34,39). The Kier molecular flexibility index (Phi) is 10.4. The Hall–Kier alpha value is -3.20. The van der Waals surface area contributed by atoms with Gasteiger partial charge in [-0.15, -0.1) is 0 Å². The van der Waals surface area contributed by atoms with Gasteiger partial charge in [0.25, 0.3) is 0 Å². The summed E-state index contributed by atoms with van der Waals surface area (Å²) < 4.78 is 5.20. The van der Waals surface area contributed by atoms with Gasteiger partial charge in [-0.2, -0.15) is 0 Å². The Morgan fingerprint density at radius 1 is 1.02 bits per heavy atom. The van der Waals surface area contributed by atoms with E-state index in [9.17, 15) is 9.59 Å². The third kappa shape index (κ3) is 9.18. The summed E-state index contributed by atoms with van der Waals surface area (Å²) in [7, 11) is 1.72. The first-order valence-electron chi connectivity index (χ1n) is 14.8. The molecule has 2 amide bonds. The maximum atomic E-state index is 12.5. The van der Waals surface area contributed by atoms with Crippen molar-refractivity contribution in [2.75, 3.05) is 51.2 Å². The largest absolute Gasteiger partial charge is 0.444 e. The molecular weight excluding hydrogens is 504 g/mol. The number of amides is 2. The zero-order valence-corrected chi connectivity index (χ0v) is 24.7. The lowest BCUT2D eigenvalue weighted by molar-refractivity contribution is -0.129. The summed E-state index contributed by atoms with van der Waals surface area (Å²) in [6.45, 7) is 11.5. The minimum absolute atomic E-state index is 0.115. The first-order valence-corrected chi connectivity index (χ1v) is 14.8. The highest BCUT2D eigenvalue weighted by Crippen LogP contribution is 2.26. The molecule has 0 unspecified atom stereocenters. The topological polar surface area (TPSA) is 90.9 Å². The third-order valence-corrected chi connectivity index (χ3v) is 7.73. The Labute approximate surface area is 239 Å². The van der Waals surface area contributed by atoms with E-state index in [2.05, 4.69) is 21.2 Å². The summed E-state index contributed by atoms with van der Waals surface area (Å²) >= 11 is 0. The fourth-order valence-corrected chi connectivity index (χ4v) is 5.41. The van der Waals surface area contributed by atoms with Gasteiger partial charge in [-0.1, -0.05) is 24.6 Å². The second-order valence-corrected chi connectivity index (χ2v) is 12.2. The van der Waals surface area contributed by atoms with Crippen LogP contribution in [0.15, 0.2) is 36.7 Å². The van der Waals surface area contributed by atoms with Gasteiger partial charge in [-0.3, -0.25) is 4.79 Å². The number of alkyl carbamates (subject to hydrolysis) is 1. The van der Waals surface area contributed by atoms with Crippen molar-refractivity contribution in [3.05, 3.63) is 42.2 Å². The lowest BCUT2D eigenvalue weighted by Gasteiger charge is -2.34. The van der Waals surface area contributed by atoms with Gasteiger partial charge >= 0.3 is 6.09 Å². The molecule has 0 saturated carbocycles. The van der Waals surface area contributed by atoms with Crippen molar-refractivity contribution >= 4 is 17.9 Å². The minimum atomic E-state index is -0.607. The molecule has 2 aromatic rings. The normalized spacial score (nSPS) is 16.9. The highest BCUT2D eigenvalue weighted by Gasteiger charge is 2.22. The predicted molar refractivity (Wildman–Crippen MR) is 158 cm³/mol. The van der Waals surface area contributed by atoms with Crippen LogP contribution in [0.2, 0.25) is 0 Å². The van der Waals surface area contributed by atoms with Gasteiger partial charge in [-0.05, 0) is 95.6 Å². The average molecular weight is 551 g/mol. The van der Waals surface area contributed by atoms with Crippen molar-refractivity contribution in [2.24, 2.45) is 5.92 Å². The number of carbonyl (C=O) groups excluding carboxylic acids is 2. The van der Waals surface area contributed by atoms with Crippen LogP contribution in [0, 0.1) is 5.92 Å². The highest BCUT2D eigenvalue weighted by atomic mass is 16.6. The van der Waals surface area contributed by atoms with E-state index in [0.29, 0.717) is 6.54 Å². The van der Waals surface area contributed by atoms with Gasteiger partial charge in [0.05, 0.1) is 0 Å². The quantitative estimate of drug-likeness (QED) is 0.483. The van der Waals surface area contributed by atoms with E-state index >= 15 is 0 Å². The number of likely N-dealkylation sites (N-methyl/N-ethyl adjacent to an activating group) is 1. The number of likely N-dealkylation sites (tertiary alicyclic amines) is 1. The number of anilines is 1. The molecule has 1 aromatic carbocycles. The van der Waals surface area contributed by atoms with Crippen molar-refractivity contribution in [2.45, 2.75) is 71.4 Å². The van der Waals surface area contributed by atoms with E-state index in [0.717, 1.165) is 41.6 Å². The summed E-state index contributed by atoms with van der Waals surface area (Å²) in [6, 6.07) is 8.04. The predicted octanol–water partition coefficient (Wildman–Crippen LogP) is 4.72. The number of nitrogens with one attached hydrogen (secondary N) is 1. The first kappa shape index (κ1) is 29.8. The summed E-state index contributed by atoms with van der Waals surface area (Å²) in [5.74, 6) is 1.41. The van der Waals surface area contributed by atoms with Crippen LogP contribution in [0.4, 0.5) is 10.7 Å². The maximum absolute atomic E-state index is 12.5. The molecule has 0 aliphatic carbocycles. The molecule has 4 rings (SSSR count). The molecule has 2 aliphatic heterocycles. The van der Waals surface area contributed by atoms with Crippen molar-refractivity contribution in [3.8, 4) is 11.1 Å². The van der Waals surface area contributed by atoms with E-state index in [1.54, 1.807) is 32.7 Å². The van der Waals surface area contributed by atoms with Crippen LogP contribution < -0.4 is 10.2 Å². The fraction of sp³-hybridized carbons (Fsp3) is 0.613. The molecular formula is C31H46N6O3. The number of aromatic nitrogens is 2. The van der Waals surface area contributed by atoms with Crippen molar-refractivity contribution in [1.82, 2.24) is 25.1 Å². The number of ether oxygens (including phenoxy) is 1. The Morgan fingerprint density at radius 2 is 1.73 bits per heavy atom. The van der Waals surface area contributed by atoms with Crippen LogP contribution in [0.1, 0.15) is 64.9 Å². The van der Waals surface area contributed by atoms with Gasteiger partial charge in [0.1, 0.15) is 12.1 Å². The molecule has 0 atom stereocenters. The SMILES string of the molecule is CN(Cc1cccc(-c2cnc(N3CCC(CCN4CCCCC4)CC3)nc2)c1)C(=O)CNC(=O)OC(C)(C)C. The van der Waals surface area contributed by atoms with Gasteiger partial charge in [0.2, 0.25) is 11.9 Å². The number of rotatable bonds is 9. The summed E-state index contributed by atoms with van der Waals surface area (Å²) in [4.78, 5) is 40.3. The lowest BCUT2D eigenvalue weighted by atomic mass is 9.93. The number of hydrogen-bond acceptors (Lipinski definition) is 7. The molecule has 2 saturated heterocycles. The molecule has 1 N–H and O–H groups in total. The van der Waals surface area contributed by atoms with E-state index < -0.39 is 11.7 Å². The third-order valence-electron chi connectivity index (χ3n) is 7.73. The first-order chi connectivity index (χ1) is 19.2. The fourth-order valence-electron chi connectivity index (χ4n) is 5.41. The Bertz CT molecular complexity index is 1100. The number of carbonyl (C=O) groups is 2. The van der Waals surface area contributed by atoms with E-state index in [4.69, 9.17) is 14.7 Å². The molecule has 3 heterocycles. The summed E-state index contributed by atoms with van der Waals surface area (Å²) in [5.41, 5.74) is 2.34. The molecule has 0 spiro atoms. The molecule has 9 nitrogen and oxygen atoms in total. The number of nitrogens with zero attached hydrogens (tertiary/aromatic N) is 5. The van der Waals surface area contributed by atoms with Crippen molar-refractivity contribution in [1.29, 1.82) is 0 Å². The number of piperidine rings is 2.